The molecule has 28 heavy (non-hydrogen) atoms. The monoisotopic (exact) mass is 388 g/mol. The van der Waals surface area contributed by atoms with Gasteiger partial charge in [0, 0.05) is 23.7 Å². The van der Waals surface area contributed by atoms with Gasteiger partial charge >= 0.3 is 0 Å². The summed E-state index contributed by atoms with van der Waals surface area (Å²) in [6.07, 6.45) is -4.71. The molecule has 3 saturated carbocycles. The highest BCUT2D eigenvalue weighted by Crippen LogP contribution is 2.60. The molecule has 14 atom stereocenters. The summed E-state index contributed by atoms with van der Waals surface area (Å²) >= 11 is 0. The van der Waals surface area contributed by atoms with E-state index in [-0.39, 0.29) is 47.2 Å². The van der Waals surface area contributed by atoms with Crippen LogP contribution in [-0.2, 0) is 38.1 Å². The van der Waals surface area contributed by atoms with Crippen molar-refractivity contribution in [2.45, 2.75) is 62.7 Å². The van der Waals surface area contributed by atoms with Gasteiger partial charge in [0.15, 0.2) is 47.5 Å². The predicted molar refractivity (Wildman–Crippen MR) is 87.0 cm³/mol. The van der Waals surface area contributed by atoms with Crippen molar-refractivity contribution in [2.75, 3.05) is 0 Å². The van der Waals surface area contributed by atoms with Crippen molar-refractivity contribution >= 4 is 23.1 Å². The van der Waals surface area contributed by atoms with Crippen LogP contribution in [0, 0.1) is 35.5 Å². The molecular weight excluding hydrogens is 368 g/mol. The fraction of sp³-hybridized carbons (Fsp3) is 0.800. The summed E-state index contributed by atoms with van der Waals surface area (Å²) in [5.74, 6) is -3.47. The van der Waals surface area contributed by atoms with E-state index in [4.69, 9.17) is 18.9 Å². The zero-order chi connectivity index (χ0) is 19.2. The molecule has 14 unspecified atom stereocenters. The van der Waals surface area contributed by atoms with Crippen LogP contribution in [0.5, 0.6) is 0 Å². The standard InChI is InChI=1S/C20H20O8/c1-3-5-6-4(2)26-16(10-8(6)12(22)18-20(28-18)14(10)24)15(25-3)9-7(5)11(21)17-19(27-17)13(9)23/h3-10,15-20H,1-2H3. The molecule has 7 fully saturated rings. The van der Waals surface area contributed by atoms with Gasteiger partial charge in [-0.2, -0.15) is 0 Å². The molecule has 0 aromatic carbocycles. The van der Waals surface area contributed by atoms with Crippen molar-refractivity contribution in [3.8, 4) is 0 Å². The molecule has 4 saturated heterocycles. The molecule has 7 rings (SSSR count). The molecule has 0 spiro atoms. The van der Waals surface area contributed by atoms with Gasteiger partial charge in [-0.3, -0.25) is 19.2 Å². The van der Waals surface area contributed by atoms with Gasteiger partial charge in [-0.05, 0) is 13.8 Å². The van der Waals surface area contributed by atoms with E-state index in [1.165, 1.54) is 0 Å². The number of carbonyl (C=O) groups is 4. The van der Waals surface area contributed by atoms with E-state index in [0.29, 0.717) is 0 Å². The zero-order valence-electron chi connectivity index (χ0n) is 15.3. The Bertz CT molecular complexity index is 796. The lowest BCUT2D eigenvalue weighted by Gasteiger charge is -2.61. The van der Waals surface area contributed by atoms with Crippen LogP contribution < -0.4 is 0 Å². The SMILES string of the molecule is CC1OC2C3OC(C)C(C4C(=O)C5OC5C(=O)C34)C1C1C(=O)C3OC3C(=O)C21. The van der Waals surface area contributed by atoms with Gasteiger partial charge in [-0.1, -0.05) is 0 Å². The third kappa shape index (κ3) is 1.66. The number of rotatable bonds is 0. The molecule has 4 bridgehead atoms. The van der Waals surface area contributed by atoms with Crippen LogP contribution in [0.2, 0.25) is 0 Å². The minimum atomic E-state index is -0.721. The number of hydrogen-bond acceptors (Lipinski definition) is 8. The van der Waals surface area contributed by atoms with Gasteiger partial charge in [0.25, 0.3) is 0 Å². The van der Waals surface area contributed by atoms with Gasteiger partial charge in [-0.15, -0.1) is 0 Å². The first-order valence-corrected chi connectivity index (χ1v) is 10.2. The van der Waals surface area contributed by atoms with E-state index in [0.717, 1.165) is 0 Å². The van der Waals surface area contributed by atoms with Crippen molar-refractivity contribution in [3.05, 3.63) is 0 Å². The Morgan fingerprint density at radius 2 is 0.821 bits per heavy atom. The third-order valence-corrected chi connectivity index (χ3v) is 8.33. The summed E-state index contributed by atoms with van der Waals surface area (Å²) in [5, 5.41) is 0. The Hall–Kier alpha value is -1.48. The van der Waals surface area contributed by atoms with Gasteiger partial charge < -0.3 is 18.9 Å². The summed E-state index contributed by atoms with van der Waals surface area (Å²) in [6, 6.07) is 0. The average molecular weight is 388 g/mol. The molecule has 148 valence electrons. The van der Waals surface area contributed by atoms with Gasteiger partial charge in [0.05, 0.1) is 36.3 Å². The second-order valence-corrected chi connectivity index (χ2v) is 9.43. The highest BCUT2D eigenvalue weighted by Gasteiger charge is 2.75. The minimum absolute atomic E-state index is 0.0498. The fourth-order valence-electron chi connectivity index (χ4n) is 7.25. The highest BCUT2D eigenvalue weighted by atomic mass is 16.6. The normalized spacial score (nSPS) is 63.1. The van der Waals surface area contributed by atoms with Crippen molar-refractivity contribution in [1.82, 2.24) is 0 Å². The maximum Gasteiger partial charge on any atom is 0.171 e. The summed E-state index contributed by atoms with van der Waals surface area (Å²) in [7, 11) is 0. The molecule has 4 heterocycles. The van der Waals surface area contributed by atoms with E-state index in [2.05, 4.69) is 0 Å². The fourth-order valence-corrected chi connectivity index (χ4v) is 7.25. The van der Waals surface area contributed by atoms with Crippen molar-refractivity contribution in [1.29, 1.82) is 0 Å². The van der Waals surface area contributed by atoms with Crippen molar-refractivity contribution in [2.24, 2.45) is 35.5 Å². The highest BCUT2D eigenvalue weighted by molar-refractivity contribution is 6.08. The van der Waals surface area contributed by atoms with Crippen LogP contribution in [0.4, 0.5) is 0 Å². The van der Waals surface area contributed by atoms with Crippen LogP contribution in [0.3, 0.4) is 0 Å². The molecular formula is C20H20O8. The molecule has 0 aromatic heterocycles. The molecule has 3 aliphatic carbocycles. The smallest absolute Gasteiger partial charge is 0.171 e. The molecule has 4 aliphatic heterocycles. The molecule has 0 N–H and O–H groups in total. The first-order valence-electron chi connectivity index (χ1n) is 10.2. The predicted octanol–water partition coefficient (Wildman–Crippen LogP) is -0.890. The molecule has 0 radical (unpaired) electrons. The zero-order valence-corrected chi connectivity index (χ0v) is 15.3. The Labute approximate surface area is 160 Å². The van der Waals surface area contributed by atoms with Crippen LogP contribution in [0.1, 0.15) is 13.8 Å². The van der Waals surface area contributed by atoms with Gasteiger partial charge in [0.2, 0.25) is 0 Å². The van der Waals surface area contributed by atoms with E-state index in [1.54, 1.807) is 0 Å². The number of ether oxygens (including phenoxy) is 4. The van der Waals surface area contributed by atoms with Gasteiger partial charge in [0.1, 0.15) is 0 Å². The van der Waals surface area contributed by atoms with E-state index in [1.807, 2.05) is 13.8 Å². The van der Waals surface area contributed by atoms with Crippen LogP contribution in [-0.4, -0.2) is 72.0 Å². The summed E-state index contributed by atoms with van der Waals surface area (Å²) in [6.45, 7) is 3.80. The molecule has 0 amide bonds. The quantitative estimate of drug-likeness (QED) is 0.492. The van der Waals surface area contributed by atoms with E-state index < -0.39 is 60.3 Å². The summed E-state index contributed by atoms with van der Waals surface area (Å²) < 4.78 is 23.3. The lowest BCUT2D eigenvalue weighted by atomic mass is 9.50. The second-order valence-electron chi connectivity index (χ2n) is 9.43. The number of fused-ring (bicyclic) bond motifs is 4. The lowest BCUT2D eigenvalue weighted by molar-refractivity contribution is -0.284. The Morgan fingerprint density at radius 1 is 0.500 bits per heavy atom. The summed E-state index contributed by atoms with van der Waals surface area (Å²) in [5.41, 5.74) is 0. The molecule has 8 heteroatoms. The largest absolute Gasteiger partial charge is 0.371 e. The minimum Gasteiger partial charge on any atom is -0.371 e. The lowest BCUT2D eigenvalue weighted by Crippen LogP contribution is -2.73. The number of carbonyl (C=O) groups excluding carboxylic acids is 4. The topological polar surface area (TPSA) is 112 Å². The van der Waals surface area contributed by atoms with Gasteiger partial charge in [-0.25, -0.2) is 0 Å². The van der Waals surface area contributed by atoms with Crippen LogP contribution in [0.15, 0.2) is 0 Å². The Balaban J connectivity index is 1.44. The Kier molecular flexibility index (Phi) is 2.80. The van der Waals surface area contributed by atoms with Crippen molar-refractivity contribution in [3.63, 3.8) is 0 Å². The summed E-state index contributed by atoms with van der Waals surface area (Å²) in [4.78, 5) is 52.4. The maximum atomic E-state index is 13.2. The maximum absolute atomic E-state index is 13.2. The Morgan fingerprint density at radius 3 is 1.18 bits per heavy atom. The van der Waals surface area contributed by atoms with Crippen molar-refractivity contribution < 1.29 is 38.1 Å². The first kappa shape index (κ1) is 16.3. The van der Waals surface area contributed by atoms with E-state index in [9.17, 15) is 19.2 Å². The van der Waals surface area contributed by atoms with Crippen LogP contribution >= 0.6 is 0 Å². The number of ketones is 4. The third-order valence-electron chi connectivity index (χ3n) is 8.33. The molecule has 0 aromatic rings. The number of Topliss-reactive ketones (excluding diaryl/α,β-unsaturated/α-hetero) is 4. The van der Waals surface area contributed by atoms with Crippen LogP contribution in [0.25, 0.3) is 0 Å². The second kappa shape index (κ2) is 4.80. The molecule has 8 nitrogen and oxygen atoms in total. The van der Waals surface area contributed by atoms with E-state index >= 15 is 0 Å². The molecule has 7 aliphatic rings. The number of hydrogen-bond donors (Lipinski definition) is 0. The first-order chi connectivity index (χ1) is 13.4. The average Bonchev–Trinajstić information content (AvgIpc) is 3.53. The number of epoxide rings is 2.